The van der Waals surface area contributed by atoms with E-state index in [-0.39, 0.29) is 6.61 Å². The summed E-state index contributed by atoms with van der Waals surface area (Å²) < 4.78 is 0. The third-order valence-corrected chi connectivity index (χ3v) is 4.38. The van der Waals surface area contributed by atoms with E-state index in [9.17, 15) is 0 Å². The molecule has 3 heteroatoms. The fourth-order valence-electron chi connectivity index (χ4n) is 2.98. The maximum Gasteiger partial charge on any atom is 0.102 e. The molecule has 1 rings (SSSR count). The van der Waals surface area contributed by atoms with Gasteiger partial charge in [0, 0.05) is 19.3 Å². The number of aliphatic hydroxyl groups is 1. The molecule has 1 N–H and O–H groups in total. The second-order valence-corrected chi connectivity index (χ2v) is 6.34. The molecule has 0 aliphatic carbocycles. The van der Waals surface area contributed by atoms with Crippen molar-refractivity contribution in [3.8, 4) is 0 Å². The molecule has 1 aliphatic heterocycles. The van der Waals surface area contributed by atoms with Crippen LogP contribution < -0.4 is 0 Å². The molecule has 0 aromatic rings. The molecule has 0 saturated carbocycles. The molecule has 22 heavy (non-hydrogen) atoms. The van der Waals surface area contributed by atoms with Gasteiger partial charge in [0.05, 0.1) is 6.61 Å². The van der Waals surface area contributed by atoms with Crippen molar-refractivity contribution in [3.05, 3.63) is 12.2 Å². The molecule has 0 aromatic heterocycles. The van der Waals surface area contributed by atoms with Crippen molar-refractivity contribution in [2.24, 2.45) is 4.99 Å². The Morgan fingerprint density at radius 2 is 1.73 bits per heavy atom. The predicted molar refractivity (Wildman–Crippen MR) is 96.5 cm³/mol. The van der Waals surface area contributed by atoms with Crippen molar-refractivity contribution < 1.29 is 5.11 Å². The minimum absolute atomic E-state index is 0.241. The number of hydrogen-bond donors (Lipinski definition) is 1. The number of allylic oxidation sites excluding steroid dienone is 2. The summed E-state index contributed by atoms with van der Waals surface area (Å²) in [4.78, 5) is 6.77. The molecular formula is C19H36N2O. The first-order valence-corrected chi connectivity index (χ1v) is 9.40. The Balaban J connectivity index is 1.87. The standard InChI is InChI=1S/C19H36N2O/c1-2-3-4-5-6-7-8-9-10-11-12-13-14-19-20-15-16-21(19)17-18-22/h7-8,15,19,22H,2-6,9-14,16-18H2,1H3/b8-7+. The van der Waals surface area contributed by atoms with Crippen molar-refractivity contribution >= 4 is 6.21 Å². The molecular weight excluding hydrogens is 272 g/mol. The van der Waals surface area contributed by atoms with Crippen LogP contribution in [0.1, 0.15) is 77.6 Å². The van der Waals surface area contributed by atoms with Gasteiger partial charge >= 0.3 is 0 Å². The van der Waals surface area contributed by atoms with Gasteiger partial charge in [-0.15, -0.1) is 0 Å². The lowest BCUT2D eigenvalue weighted by Gasteiger charge is -2.21. The van der Waals surface area contributed by atoms with Crippen LogP contribution in [0.5, 0.6) is 0 Å². The SMILES string of the molecule is CCCCCC/C=C/CCCCCCC1N=CCN1CCO. The van der Waals surface area contributed by atoms with Crippen LogP contribution in [0, 0.1) is 0 Å². The van der Waals surface area contributed by atoms with Crippen LogP contribution in [0.2, 0.25) is 0 Å². The van der Waals surface area contributed by atoms with Crippen LogP contribution in [0.15, 0.2) is 17.1 Å². The van der Waals surface area contributed by atoms with E-state index in [1.807, 2.05) is 6.21 Å². The zero-order chi connectivity index (χ0) is 15.9. The Labute approximate surface area is 137 Å². The molecule has 0 saturated heterocycles. The first-order valence-electron chi connectivity index (χ1n) is 9.40. The highest BCUT2D eigenvalue weighted by Gasteiger charge is 2.19. The average molecular weight is 309 g/mol. The van der Waals surface area contributed by atoms with Crippen molar-refractivity contribution in [2.75, 3.05) is 19.7 Å². The molecule has 128 valence electrons. The minimum Gasteiger partial charge on any atom is -0.395 e. The summed E-state index contributed by atoms with van der Waals surface area (Å²) in [6.07, 6.45) is 21.4. The molecule has 1 heterocycles. The molecule has 0 radical (unpaired) electrons. The molecule has 1 unspecified atom stereocenters. The lowest BCUT2D eigenvalue weighted by molar-refractivity contribution is 0.176. The van der Waals surface area contributed by atoms with Crippen molar-refractivity contribution in [1.82, 2.24) is 4.90 Å². The number of aliphatic hydroxyl groups excluding tert-OH is 1. The van der Waals surface area contributed by atoms with Gasteiger partial charge in [0.25, 0.3) is 0 Å². The van der Waals surface area contributed by atoms with E-state index in [0.29, 0.717) is 6.17 Å². The number of nitrogens with zero attached hydrogens (tertiary/aromatic N) is 2. The molecule has 0 bridgehead atoms. The Bertz CT molecular complexity index is 302. The number of β-amino-alcohol motifs (C(OH)–C–C–N with tert-alkyl or cyclic N) is 1. The maximum absolute atomic E-state index is 9.01. The van der Waals surface area contributed by atoms with E-state index in [1.165, 1.54) is 64.2 Å². The van der Waals surface area contributed by atoms with Gasteiger partial charge in [-0.05, 0) is 38.5 Å². The minimum atomic E-state index is 0.241. The summed E-state index contributed by atoms with van der Waals surface area (Å²) in [7, 11) is 0. The van der Waals surface area contributed by atoms with E-state index in [4.69, 9.17) is 5.11 Å². The van der Waals surface area contributed by atoms with Crippen LogP contribution >= 0.6 is 0 Å². The highest BCUT2D eigenvalue weighted by atomic mass is 16.3. The summed E-state index contributed by atoms with van der Waals surface area (Å²) in [5.74, 6) is 0. The molecule has 0 amide bonds. The van der Waals surface area contributed by atoms with Crippen molar-refractivity contribution in [1.29, 1.82) is 0 Å². The fourth-order valence-corrected chi connectivity index (χ4v) is 2.98. The Kier molecular flexibility index (Phi) is 12.3. The third kappa shape index (κ3) is 9.37. The first kappa shape index (κ1) is 19.4. The fraction of sp³-hybridized carbons (Fsp3) is 0.842. The van der Waals surface area contributed by atoms with Crippen LogP contribution in [0.4, 0.5) is 0 Å². The van der Waals surface area contributed by atoms with Gasteiger partial charge in [-0.25, -0.2) is 0 Å². The van der Waals surface area contributed by atoms with E-state index < -0.39 is 0 Å². The van der Waals surface area contributed by atoms with Crippen molar-refractivity contribution in [3.63, 3.8) is 0 Å². The van der Waals surface area contributed by atoms with E-state index >= 15 is 0 Å². The molecule has 0 spiro atoms. The van der Waals surface area contributed by atoms with Gasteiger partial charge in [0.15, 0.2) is 0 Å². The Hall–Kier alpha value is -0.670. The molecule has 1 aliphatic rings. The first-order chi connectivity index (χ1) is 10.9. The Morgan fingerprint density at radius 3 is 2.41 bits per heavy atom. The number of hydrogen-bond acceptors (Lipinski definition) is 3. The van der Waals surface area contributed by atoms with E-state index in [1.54, 1.807) is 0 Å². The number of aliphatic imine (C=N–C) groups is 1. The molecule has 0 fully saturated rings. The molecule has 3 nitrogen and oxygen atoms in total. The zero-order valence-electron chi connectivity index (χ0n) is 14.6. The summed E-state index contributed by atoms with van der Waals surface area (Å²) in [6, 6.07) is 0. The zero-order valence-corrected chi connectivity index (χ0v) is 14.6. The van der Waals surface area contributed by atoms with E-state index in [2.05, 4.69) is 29.0 Å². The topological polar surface area (TPSA) is 35.8 Å². The quantitative estimate of drug-likeness (QED) is 0.377. The monoisotopic (exact) mass is 308 g/mol. The van der Waals surface area contributed by atoms with Gasteiger partial charge in [0.2, 0.25) is 0 Å². The number of rotatable bonds is 14. The lowest BCUT2D eigenvalue weighted by atomic mass is 10.1. The second kappa shape index (κ2) is 14.0. The summed E-state index contributed by atoms with van der Waals surface area (Å²) >= 11 is 0. The number of unbranched alkanes of at least 4 members (excludes halogenated alkanes) is 8. The lowest BCUT2D eigenvalue weighted by Crippen LogP contribution is -2.32. The smallest absolute Gasteiger partial charge is 0.102 e. The van der Waals surface area contributed by atoms with Gasteiger partial charge in [-0.2, -0.15) is 0 Å². The molecule has 0 aromatic carbocycles. The van der Waals surface area contributed by atoms with Crippen LogP contribution in [-0.4, -0.2) is 42.1 Å². The largest absolute Gasteiger partial charge is 0.395 e. The van der Waals surface area contributed by atoms with Gasteiger partial charge in [-0.3, -0.25) is 9.89 Å². The third-order valence-electron chi connectivity index (χ3n) is 4.38. The predicted octanol–water partition coefficient (Wildman–Crippen LogP) is 4.56. The van der Waals surface area contributed by atoms with Gasteiger partial charge in [-0.1, -0.05) is 51.2 Å². The normalized spacial score (nSPS) is 18.7. The average Bonchev–Trinajstić information content (AvgIpc) is 2.96. The van der Waals surface area contributed by atoms with Gasteiger partial charge < -0.3 is 5.11 Å². The van der Waals surface area contributed by atoms with Gasteiger partial charge in [0.1, 0.15) is 6.17 Å². The maximum atomic E-state index is 9.01. The highest BCUT2D eigenvalue weighted by Crippen LogP contribution is 2.15. The van der Waals surface area contributed by atoms with E-state index in [0.717, 1.165) is 19.5 Å². The Morgan fingerprint density at radius 1 is 1.05 bits per heavy atom. The molecule has 1 atom stereocenters. The highest BCUT2D eigenvalue weighted by molar-refractivity contribution is 5.62. The van der Waals surface area contributed by atoms with Crippen LogP contribution in [-0.2, 0) is 0 Å². The van der Waals surface area contributed by atoms with Crippen molar-refractivity contribution in [2.45, 2.75) is 83.7 Å². The van der Waals surface area contributed by atoms with Crippen LogP contribution in [0.3, 0.4) is 0 Å². The second-order valence-electron chi connectivity index (χ2n) is 6.34. The summed E-state index contributed by atoms with van der Waals surface area (Å²) in [5, 5.41) is 9.01. The summed E-state index contributed by atoms with van der Waals surface area (Å²) in [5.41, 5.74) is 0. The summed E-state index contributed by atoms with van der Waals surface area (Å²) in [6.45, 7) is 4.17. The van der Waals surface area contributed by atoms with Crippen LogP contribution in [0.25, 0.3) is 0 Å².